The highest BCUT2D eigenvalue weighted by Gasteiger charge is 2.33. The van der Waals surface area contributed by atoms with E-state index in [0.717, 1.165) is 17.7 Å². The van der Waals surface area contributed by atoms with E-state index in [4.69, 9.17) is 21.3 Å². The summed E-state index contributed by atoms with van der Waals surface area (Å²) in [6.07, 6.45) is 0.759. The van der Waals surface area contributed by atoms with Gasteiger partial charge in [0.1, 0.15) is 11.6 Å². The van der Waals surface area contributed by atoms with Crippen LogP contribution in [0.1, 0.15) is 37.7 Å². The van der Waals surface area contributed by atoms with Gasteiger partial charge < -0.3 is 9.64 Å². The van der Waals surface area contributed by atoms with Gasteiger partial charge >= 0.3 is 0 Å². The van der Waals surface area contributed by atoms with E-state index in [0.29, 0.717) is 47.1 Å². The summed E-state index contributed by atoms with van der Waals surface area (Å²) in [5, 5.41) is 1.18. The number of halogens is 1. The fourth-order valence-corrected chi connectivity index (χ4v) is 5.45. The zero-order chi connectivity index (χ0) is 27.5. The molecule has 2 atom stereocenters. The van der Waals surface area contributed by atoms with Crippen LogP contribution >= 0.6 is 11.6 Å². The second-order valence-electron chi connectivity index (χ2n) is 10.1. The van der Waals surface area contributed by atoms with E-state index in [1.807, 2.05) is 72.5 Å². The van der Waals surface area contributed by atoms with Gasteiger partial charge in [0.2, 0.25) is 0 Å². The van der Waals surface area contributed by atoms with Gasteiger partial charge in [0.15, 0.2) is 6.61 Å². The number of benzene rings is 3. The van der Waals surface area contributed by atoms with Crippen LogP contribution in [0.3, 0.4) is 0 Å². The van der Waals surface area contributed by atoms with Crippen LogP contribution in [-0.4, -0.2) is 57.5 Å². The summed E-state index contributed by atoms with van der Waals surface area (Å²) in [6, 6.07) is 22.3. The van der Waals surface area contributed by atoms with Crippen LogP contribution in [0.2, 0.25) is 5.02 Å². The smallest absolute Gasteiger partial charge is 0.266 e. The highest BCUT2D eigenvalue weighted by Crippen LogP contribution is 2.28. The third-order valence-electron chi connectivity index (χ3n) is 7.37. The van der Waals surface area contributed by atoms with Gasteiger partial charge in [0.25, 0.3) is 11.5 Å². The molecule has 2 heterocycles. The molecule has 8 heteroatoms. The maximum Gasteiger partial charge on any atom is 0.266 e. The van der Waals surface area contributed by atoms with E-state index in [2.05, 4.69) is 18.7 Å². The van der Waals surface area contributed by atoms with Crippen molar-refractivity contribution >= 4 is 28.4 Å². The lowest BCUT2D eigenvalue weighted by Gasteiger charge is -2.43. The van der Waals surface area contributed by atoms with Crippen molar-refractivity contribution in [3.8, 4) is 11.4 Å². The molecule has 1 saturated heterocycles. The van der Waals surface area contributed by atoms with Gasteiger partial charge in [-0.2, -0.15) is 0 Å². The number of hydrogen-bond acceptors (Lipinski definition) is 5. The first-order valence-corrected chi connectivity index (χ1v) is 13.7. The number of fused-ring (bicyclic) bond motifs is 1. The molecule has 0 N–H and O–H groups in total. The Bertz CT molecular complexity index is 1520. The zero-order valence-corrected chi connectivity index (χ0v) is 23.3. The number of ether oxygens (including phenoxy) is 1. The van der Waals surface area contributed by atoms with Gasteiger partial charge in [0, 0.05) is 30.7 Å². The van der Waals surface area contributed by atoms with Crippen LogP contribution in [-0.2, 0) is 4.79 Å². The Kier molecular flexibility index (Phi) is 8.00. The minimum Gasteiger partial charge on any atom is -0.484 e. The van der Waals surface area contributed by atoms with Crippen molar-refractivity contribution in [2.45, 2.75) is 39.3 Å². The van der Waals surface area contributed by atoms with Crippen molar-refractivity contribution in [2.75, 3.05) is 26.2 Å². The lowest BCUT2D eigenvalue weighted by Crippen LogP contribution is -2.56. The van der Waals surface area contributed by atoms with Crippen molar-refractivity contribution in [3.05, 3.63) is 99.6 Å². The third-order valence-corrected chi connectivity index (χ3v) is 7.63. The molecule has 4 aromatic rings. The first kappa shape index (κ1) is 26.9. The van der Waals surface area contributed by atoms with Gasteiger partial charge in [-0.25, -0.2) is 4.98 Å². The fourth-order valence-electron chi connectivity index (χ4n) is 5.32. The van der Waals surface area contributed by atoms with Crippen molar-refractivity contribution in [1.29, 1.82) is 0 Å². The van der Waals surface area contributed by atoms with E-state index in [1.54, 1.807) is 16.7 Å². The minimum absolute atomic E-state index is 0.00689. The zero-order valence-electron chi connectivity index (χ0n) is 22.5. The predicted molar refractivity (Wildman–Crippen MR) is 155 cm³/mol. The molecule has 5 rings (SSSR count). The molecule has 0 radical (unpaired) electrons. The summed E-state index contributed by atoms with van der Waals surface area (Å²) in [5.74, 6) is 1.35. The van der Waals surface area contributed by atoms with E-state index in [1.165, 1.54) is 0 Å². The SMILES string of the molecule is CCC(c1nc2ccccc2c(=O)n1-c1ccc(Cl)cc1)N1CCN(C(=O)COc2ccc(C)cc2)C(C)C1. The maximum atomic E-state index is 13.8. The van der Waals surface area contributed by atoms with Gasteiger partial charge in [-0.05, 0) is 68.8 Å². The molecule has 1 amide bonds. The number of piperazine rings is 1. The molecule has 1 aliphatic heterocycles. The number of para-hydroxylation sites is 1. The van der Waals surface area contributed by atoms with Crippen LogP contribution in [0.15, 0.2) is 77.6 Å². The molecule has 39 heavy (non-hydrogen) atoms. The minimum atomic E-state index is -0.110. The Morgan fingerprint density at radius 2 is 1.77 bits per heavy atom. The fraction of sp³-hybridized carbons (Fsp3) is 0.323. The van der Waals surface area contributed by atoms with Crippen molar-refractivity contribution in [3.63, 3.8) is 0 Å². The Labute approximate surface area is 233 Å². The molecule has 0 bridgehead atoms. The monoisotopic (exact) mass is 544 g/mol. The largest absolute Gasteiger partial charge is 0.484 e. The van der Waals surface area contributed by atoms with Gasteiger partial charge in [-0.3, -0.25) is 19.1 Å². The molecule has 202 valence electrons. The molecule has 0 spiro atoms. The van der Waals surface area contributed by atoms with E-state index in [-0.39, 0.29) is 30.2 Å². The van der Waals surface area contributed by atoms with E-state index in [9.17, 15) is 9.59 Å². The summed E-state index contributed by atoms with van der Waals surface area (Å²) in [4.78, 5) is 36.0. The summed E-state index contributed by atoms with van der Waals surface area (Å²) < 4.78 is 7.47. The topological polar surface area (TPSA) is 67.7 Å². The first-order valence-electron chi connectivity index (χ1n) is 13.4. The number of amides is 1. The van der Waals surface area contributed by atoms with Gasteiger partial charge in [-0.15, -0.1) is 0 Å². The van der Waals surface area contributed by atoms with Crippen LogP contribution in [0.5, 0.6) is 5.75 Å². The number of carbonyl (C=O) groups is 1. The Morgan fingerprint density at radius 3 is 2.46 bits per heavy atom. The number of carbonyl (C=O) groups excluding carboxylic acids is 1. The molecule has 1 aliphatic rings. The maximum absolute atomic E-state index is 13.8. The summed E-state index contributed by atoms with van der Waals surface area (Å²) in [5.41, 5.74) is 2.44. The highest BCUT2D eigenvalue weighted by atomic mass is 35.5. The first-order chi connectivity index (χ1) is 18.9. The van der Waals surface area contributed by atoms with Crippen LogP contribution in [0.25, 0.3) is 16.6 Å². The summed E-state index contributed by atoms with van der Waals surface area (Å²) >= 11 is 6.15. The summed E-state index contributed by atoms with van der Waals surface area (Å²) in [6.45, 7) is 8.10. The number of rotatable bonds is 7. The predicted octanol–water partition coefficient (Wildman–Crippen LogP) is 5.41. The van der Waals surface area contributed by atoms with Crippen molar-refractivity contribution in [1.82, 2.24) is 19.4 Å². The number of aryl methyl sites for hydroxylation is 1. The van der Waals surface area contributed by atoms with Gasteiger partial charge in [0.05, 0.1) is 22.6 Å². The molecule has 1 aromatic heterocycles. The Hall–Kier alpha value is -3.68. The molecular formula is C31H33ClN4O3. The molecule has 7 nitrogen and oxygen atoms in total. The molecule has 3 aromatic carbocycles. The number of nitrogens with zero attached hydrogens (tertiary/aromatic N) is 4. The average molecular weight is 545 g/mol. The summed E-state index contributed by atoms with van der Waals surface area (Å²) in [7, 11) is 0. The Balaban J connectivity index is 1.39. The number of aromatic nitrogens is 2. The number of hydrogen-bond donors (Lipinski definition) is 0. The normalized spacial score (nSPS) is 16.8. The molecule has 2 unspecified atom stereocenters. The van der Waals surface area contributed by atoms with E-state index >= 15 is 0 Å². The molecule has 0 saturated carbocycles. The average Bonchev–Trinajstić information content (AvgIpc) is 2.94. The second-order valence-corrected chi connectivity index (χ2v) is 10.5. The second kappa shape index (κ2) is 11.6. The standard InChI is InChI=1S/C31H33ClN4O3/c1-4-28(34-17-18-35(22(3)19-34)29(37)20-39-25-15-9-21(2)10-16-25)30-33-27-8-6-5-7-26(27)31(38)36(30)24-13-11-23(32)12-14-24/h5-16,22,28H,4,17-20H2,1-3H3. The lowest BCUT2D eigenvalue weighted by molar-refractivity contribution is -0.138. The Morgan fingerprint density at radius 1 is 1.05 bits per heavy atom. The van der Waals surface area contributed by atoms with Crippen LogP contribution < -0.4 is 10.3 Å². The van der Waals surface area contributed by atoms with Crippen molar-refractivity contribution < 1.29 is 9.53 Å². The molecule has 1 fully saturated rings. The quantitative estimate of drug-likeness (QED) is 0.311. The van der Waals surface area contributed by atoms with Crippen LogP contribution in [0.4, 0.5) is 0 Å². The van der Waals surface area contributed by atoms with E-state index < -0.39 is 0 Å². The lowest BCUT2D eigenvalue weighted by atomic mass is 10.1. The van der Waals surface area contributed by atoms with Crippen LogP contribution in [0, 0.1) is 6.92 Å². The van der Waals surface area contributed by atoms with Crippen molar-refractivity contribution in [2.24, 2.45) is 0 Å². The third kappa shape index (κ3) is 5.70. The van der Waals surface area contributed by atoms with Gasteiger partial charge in [-0.1, -0.05) is 48.4 Å². The molecular weight excluding hydrogens is 512 g/mol. The highest BCUT2D eigenvalue weighted by molar-refractivity contribution is 6.30. The molecule has 0 aliphatic carbocycles.